The number of rotatable bonds is 6. The Balaban J connectivity index is 2.57. The quantitative estimate of drug-likeness (QED) is 0.842. The van der Waals surface area contributed by atoms with E-state index in [1.165, 1.54) is 0 Å². The molecule has 0 aliphatic heterocycles. The zero-order chi connectivity index (χ0) is 13.6. The topological polar surface area (TPSA) is 24.9 Å². The van der Waals surface area contributed by atoms with Crippen LogP contribution in [0.15, 0.2) is 18.3 Å². The summed E-state index contributed by atoms with van der Waals surface area (Å²) in [5, 5.41) is 3.20. The maximum absolute atomic E-state index is 12.1. The summed E-state index contributed by atoms with van der Waals surface area (Å²) in [7, 11) is 0. The van der Waals surface area contributed by atoms with Crippen molar-refractivity contribution in [3.05, 3.63) is 29.6 Å². The summed E-state index contributed by atoms with van der Waals surface area (Å²) in [4.78, 5) is 4.18. The molecule has 1 aromatic rings. The van der Waals surface area contributed by atoms with Crippen LogP contribution in [0.2, 0.25) is 0 Å². The van der Waals surface area contributed by atoms with E-state index in [4.69, 9.17) is 0 Å². The molecule has 1 rings (SSSR count). The molecule has 0 fully saturated rings. The first-order valence-electron chi connectivity index (χ1n) is 6.15. The number of nitrogens with zero attached hydrogens (tertiary/aromatic N) is 1. The van der Waals surface area contributed by atoms with Gasteiger partial charge in [-0.2, -0.15) is 13.2 Å². The number of nitrogens with one attached hydrogen (secondary N) is 1. The van der Waals surface area contributed by atoms with Crippen LogP contribution in [0.25, 0.3) is 0 Å². The van der Waals surface area contributed by atoms with Crippen molar-refractivity contribution in [3.8, 4) is 0 Å². The van der Waals surface area contributed by atoms with Crippen LogP contribution in [0, 0.1) is 6.92 Å². The van der Waals surface area contributed by atoms with E-state index in [-0.39, 0.29) is 12.5 Å². The second kappa shape index (κ2) is 6.73. The standard InChI is InChI=1S/C13H19F3N2/c1-3-17-12(5-4-8-13(14,15)16)11-7-6-10(2)18-9-11/h6-7,9,12,17H,3-5,8H2,1-2H3. The van der Waals surface area contributed by atoms with Gasteiger partial charge in [0.1, 0.15) is 0 Å². The molecule has 0 saturated heterocycles. The molecule has 2 nitrogen and oxygen atoms in total. The predicted molar refractivity (Wildman–Crippen MR) is 65.3 cm³/mol. The van der Waals surface area contributed by atoms with Gasteiger partial charge in [0.2, 0.25) is 0 Å². The highest BCUT2D eigenvalue weighted by molar-refractivity contribution is 5.17. The monoisotopic (exact) mass is 260 g/mol. The smallest absolute Gasteiger partial charge is 0.310 e. The normalized spacial score (nSPS) is 13.6. The van der Waals surface area contributed by atoms with Crippen molar-refractivity contribution in [2.75, 3.05) is 6.54 Å². The number of aryl methyl sites for hydroxylation is 1. The van der Waals surface area contributed by atoms with Crippen LogP contribution in [0.3, 0.4) is 0 Å². The molecule has 0 radical (unpaired) electrons. The molecule has 5 heteroatoms. The molecular weight excluding hydrogens is 241 g/mol. The van der Waals surface area contributed by atoms with Gasteiger partial charge < -0.3 is 5.32 Å². The minimum Gasteiger partial charge on any atom is -0.310 e. The SMILES string of the molecule is CCNC(CCCC(F)(F)F)c1ccc(C)nc1. The van der Waals surface area contributed by atoms with E-state index in [0.29, 0.717) is 6.42 Å². The third kappa shape index (κ3) is 5.49. The maximum Gasteiger partial charge on any atom is 0.389 e. The van der Waals surface area contributed by atoms with Gasteiger partial charge in [-0.1, -0.05) is 13.0 Å². The number of pyridine rings is 1. The van der Waals surface area contributed by atoms with Gasteiger partial charge in [0.15, 0.2) is 0 Å². The fourth-order valence-corrected chi connectivity index (χ4v) is 1.82. The van der Waals surface area contributed by atoms with Crippen molar-refractivity contribution in [3.63, 3.8) is 0 Å². The number of aromatic nitrogens is 1. The summed E-state index contributed by atoms with van der Waals surface area (Å²) < 4.78 is 36.3. The first kappa shape index (κ1) is 15.0. The summed E-state index contributed by atoms with van der Waals surface area (Å²) in [6, 6.07) is 3.75. The lowest BCUT2D eigenvalue weighted by Gasteiger charge is -2.18. The Bertz CT molecular complexity index is 346. The van der Waals surface area contributed by atoms with Crippen LogP contribution >= 0.6 is 0 Å². The molecule has 0 aliphatic carbocycles. The van der Waals surface area contributed by atoms with E-state index < -0.39 is 12.6 Å². The average Bonchev–Trinajstić information content (AvgIpc) is 2.27. The summed E-state index contributed by atoms with van der Waals surface area (Å²) in [6.45, 7) is 4.55. The third-order valence-electron chi connectivity index (χ3n) is 2.74. The lowest BCUT2D eigenvalue weighted by Crippen LogP contribution is -2.21. The molecule has 1 N–H and O–H groups in total. The Kier molecular flexibility index (Phi) is 5.59. The largest absolute Gasteiger partial charge is 0.389 e. The third-order valence-corrected chi connectivity index (χ3v) is 2.74. The van der Waals surface area contributed by atoms with Crippen LogP contribution in [-0.2, 0) is 0 Å². The highest BCUT2D eigenvalue weighted by Crippen LogP contribution is 2.26. The maximum atomic E-state index is 12.1. The summed E-state index contributed by atoms with van der Waals surface area (Å²) >= 11 is 0. The van der Waals surface area contributed by atoms with Crippen LogP contribution in [0.5, 0.6) is 0 Å². The molecular formula is C13H19F3N2. The zero-order valence-corrected chi connectivity index (χ0v) is 10.7. The van der Waals surface area contributed by atoms with Gasteiger partial charge >= 0.3 is 6.18 Å². The van der Waals surface area contributed by atoms with Gasteiger partial charge in [-0.15, -0.1) is 0 Å². The summed E-state index contributed by atoms with van der Waals surface area (Å²) in [5.74, 6) is 0. The van der Waals surface area contributed by atoms with Crippen LogP contribution in [0.1, 0.15) is 43.5 Å². The molecule has 0 saturated carbocycles. The molecule has 1 unspecified atom stereocenters. The van der Waals surface area contributed by atoms with Gasteiger partial charge in [-0.05, 0) is 37.9 Å². The Labute approximate surface area is 106 Å². The van der Waals surface area contributed by atoms with Crippen molar-refractivity contribution in [2.45, 2.75) is 45.3 Å². The van der Waals surface area contributed by atoms with E-state index in [0.717, 1.165) is 17.8 Å². The summed E-state index contributed by atoms with van der Waals surface area (Å²) in [6.07, 6.45) is -2.46. The average molecular weight is 260 g/mol. The predicted octanol–water partition coefficient (Wildman–Crippen LogP) is 3.77. The number of alkyl halides is 3. The van der Waals surface area contributed by atoms with Crippen molar-refractivity contribution in [1.29, 1.82) is 0 Å². The van der Waals surface area contributed by atoms with Crippen molar-refractivity contribution in [2.24, 2.45) is 0 Å². The molecule has 1 atom stereocenters. The van der Waals surface area contributed by atoms with Crippen molar-refractivity contribution >= 4 is 0 Å². The minimum atomic E-state index is -4.07. The van der Waals surface area contributed by atoms with Gasteiger partial charge in [0.25, 0.3) is 0 Å². The van der Waals surface area contributed by atoms with Gasteiger partial charge in [0, 0.05) is 24.4 Å². The minimum absolute atomic E-state index is 0.0505. The molecule has 1 aromatic heterocycles. The van der Waals surface area contributed by atoms with E-state index >= 15 is 0 Å². The first-order valence-corrected chi connectivity index (χ1v) is 6.15. The van der Waals surface area contributed by atoms with Crippen LogP contribution in [-0.4, -0.2) is 17.7 Å². The lowest BCUT2D eigenvalue weighted by molar-refractivity contribution is -0.135. The Morgan fingerprint density at radius 3 is 2.56 bits per heavy atom. The molecule has 102 valence electrons. The Morgan fingerprint density at radius 2 is 2.06 bits per heavy atom. The molecule has 1 heterocycles. The van der Waals surface area contributed by atoms with Gasteiger partial charge in [-0.25, -0.2) is 0 Å². The van der Waals surface area contributed by atoms with Crippen LogP contribution < -0.4 is 5.32 Å². The van der Waals surface area contributed by atoms with E-state index in [1.54, 1.807) is 6.20 Å². The molecule has 18 heavy (non-hydrogen) atoms. The fourth-order valence-electron chi connectivity index (χ4n) is 1.82. The number of hydrogen-bond acceptors (Lipinski definition) is 2. The lowest BCUT2D eigenvalue weighted by atomic mass is 10.0. The fraction of sp³-hybridized carbons (Fsp3) is 0.615. The van der Waals surface area contributed by atoms with Gasteiger partial charge in [0.05, 0.1) is 0 Å². The Hall–Kier alpha value is -1.10. The van der Waals surface area contributed by atoms with Crippen LogP contribution in [0.4, 0.5) is 13.2 Å². The van der Waals surface area contributed by atoms with E-state index in [2.05, 4.69) is 10.3 Å². The second-order valence-electron chi connectivity index (χ2n) is 4.35. The van der Waals surface area contributed by atoms with Crippen molar-refractivity contribution in [1.82, 2.24) is 10.3 Å². The molecule has 0 bridgehead atoms. The molecule has 0 aromatic carbocycles. The van der Waals surface area contributed by atoms with Gasteiger partial charge in [-0.3, -0.25) is 4.98 Å². The van der Waals surface area contributed by atoms with Crippen molar-refractivity contribution < 1.29 is 13.2 Å². The zero-order valence-electron chi connectivity index (χ0n) is 10.7. The summed E-state index contributed by atoms with van der Waals surface area (Å²) in [5.41, 5.74) is 1.86. The van der Waals surface area contributed by atoms with E-state index in [1.807, 2.05) is 26.0 Å². The Morgan fingerprint density at radius 1 is 1.33 bits per heavy atom. The molecule has 0 aliphatic rings. The highest BCUT2D eigenvalue weighted by atomic mass is 19.4. The van der Waals surface area contributed by atoms with E-state index in [9.17, 15) is 13.2 Å². The second-order valence-corrected chi connectivity index (χ2v) is 4.35. The first-order chi connectivity index (χ1) is 8.42. The number of halogens is 3. The number of hydrogen-bond donors (Lipinski definition) is 1. The molecule has 0 spiro atoms. The molecule has 0 amide bonds. The highest BCUT2D eigenvalue weighted by Gasteiger charge is 2.26.